The number of aryl methyl sites for hydroxylation is 1. The van der Waals surface area contributed by atoms with Crippen LogP contribution in [0.25, 0.3) is 0 Å². The minimum atomic E-state index is -0.488. The number of halogens is 1. The smallest absolute Gasteiger partial charge is 0.260 e. The van der Waals surface area contributed by atoms with Crippen molar-refractivity contribution in [1.82, 2.24) is 9.88 Å². The van der Waals surface area contributed by atoms with Gasteiger partial charge in [0.25, 0.3) is 5.91 Å². The summed E-state index contributed by atoms with van der Waals surface area (Å²) in [7, 11) is 0. The summed E-state index contributed by atoms with van der Waals surface area (Å²) < 4.78 is 5.85. The first-order valence-corrected chi connectivity index (χ1v) is 9.69. The van der Waals surface area contributed by atoms with Gasteiger partial charge in [-0.05, 0) is 68.4 Å². The van der Waals surface area contributed by atoms with Gasteiger partial charge < -0.3 is 9.84 Å². The summed E-state index contributed by atoms with van der Waals surface area (Å²) in [6, 6.07) is 5.71. The zero-order valence-electron chi connectivity index (χ0n) is 15.5. The second kappa shape index (κ2) is 7.13. The molecule has 1 aliphatic carbocycles. The molecule has 1 saturated carbocycles. The number of carbonyl (C=O) groups excluding carboxylic acids is 1. The molecular weight excluding hydrogens is 364 g/mol. The molecule has 0 unspecified atom stereocenters. The Bertz CT molecular complexity index is 882. The van der Waals surface area contributed by atoms with Gasteiger partial charge in [-0.1, -0.05) is 17.7 Å². The van der Waals surface area contributed by atoms with Crippen molar-refractivity contribution in [2.24, 2.45) is 0 Å². The van der Waals surface area contributed by atoms with Crippen molar-refractivity contribution in [3.63, 3.8) is 0 Å². The number of amides is 1. The van der Waals surface area contributed by atoms with E-state index >= 15 is 0 Å². The van der Waals surface area contributed by atoms with Crippen molar-refractivity contribution < 1.29 is 14.6 Å². The third-order valence-corrected chi connectivity index (χ3v) is 6.08. The number of carbonyl (C=O) groups is 1. The number of aliphatic hydroxyl groups excluding tert-OH is 1. The van der Waals surface area contributed by atoms with Crippen LogP contribution < -0.4 is 4.74 Å². The van der Waals surface area contributed by atoms with E-state index in [9.17, 15) is 9.90 Å². The Morgan fingerprint density at radius 3 is 2.81 bits per heavy atom. The molecule has 4 rings (SSSR count). The first-order chi connectivity index (χ1) is 13.0. The number of rotatable bonds is 3. The van der Waals surface area contributed by atoms with Crippen molar-refractivity contribution in [2.75, 3.05) is 6.73 Å². The van der Waals surface area contributed by atoms with E-state index in [-0.39, 0.29) is 18.7 Å². The minimum absolute atomic E-state index is 0.118. The van der Waals surface area contributed by atoms with Crippen molar-refractivity contribution in [3.8, 4) is 5.75 Å². The van der Waals surface area contributed by atoms with E-state index in [1.807, 2.05) is 38.2 Å². The summed E-state index contributed by atoms with van der Waals surface area (Å²) in [5.41, 5.74) is 4.40. The molecule has 0 bridgehead atoms. The molecule has 0 spiro atoms. The van der Waals surface area contributed by atoms with Gasteiger partial charge >= 0.3 is 0 Å². The van der Waals surface area contributed by atoms with E-state index < -0.39 is 6.10 Å². The number of hydrogen-bond donors (Lipinski definition) is 1. The Morgan fingerprint density at radius 2 is 2.15 bits per heavy atom. The average Bonchev–Trinajstić information content (AvgIpc) is 3.08. The van der Waals surface area contributed by atoms with Gasteiger partial charge in [-0.2, -0.15) is 0 Å². The van der Waals surface area contributed by atoms with E-state index in [4.69, 9.17) is 16.3 Å². The number of nitrogens with zero attached hydrogens (tertiary/aromatic N) is 2. The second-order valence-electron chi connectivity index (χ2n) is 7.45. The quantitative estimate of drug-likeness (QED) is 0.874. The minimum Gasteiger partial charge on any atom is -0.471 e. The molecule has 1 fully saturated rings. The number of benzene rings is 1. The highest BCUT2D eigenvalue weighted by atomic mass is 35.5. The maximum absolute atomic E-state index is 13.1. The molecule has 2 aliphatic rings. The van der Waals surface area contributed by atoms with Crippen molar-refractivity contribution in [2.45, 2.75) is 51.7 Å². The van der Waals surface area contributed by atoms with Crippen LogP contribution in [0.5, 0.6) is 5.75 Å². The molecule has 1 N–H and O–H groups in total. The van der Waals surface area contributed by atoms with Crippen LogP contribution in [0.1, 0.15) is 52.0 Å². The number of fused-ring (bicyclic) bond motifs is 1. The Morgan fingerprint density at radius 1 is 1.33 bits per heavy atom. The summed E-state index contributed by atoms with van der Waals surface area (Å²) in [6.07, 6.45) is 4.45. The van der Waals surface area contributed by atoms with Crippen molar-refractivity contribution in [1.29, 1.82) is 0 Å². The first-order valence-electron chi connectivity index (χ1n) is 9.31. The molecule has 5 nitrogen and oxygen atoms in total. The molecule has 1 amide bonds. The molecule has 2 atom stereocenters. The molecule has 6 heteroatoms. The number of hydrogen-bond acceptors (Lipinski definition) is 4. The van der Waals surface area contributed by atoms with Gasteiger partial charge in [-0.25, -0.2) is 0 Å². The standard InChI is InChI=1S/C21H23ClN2O3/c1-12-6-7-14(10-23-12)8-15-9-16-20(19(22)13(15)2)27-11-24(21(16)26)17-4-3-5-18(17)25/h6-7,9-10,17-18,25H,3-5,8,11H2,1-2H3/t17-,18-/m0/s1. The predicted octanol–water partition coefficient (Wildman–Crippen LogP) is 3.65. The highest BCUT2D eigenvalue weighted by molar-refractivity contribution is 6.33. The van der Waals surface area contributed by atoms with E-state index in [0.717, 1.165) is 41.6 Å². The van der Waals surface area contributed by atoms with Crippen LogP contribution in [0.4, 0.5) is 0 Å². The molecule has 2 aromatic rings. The van der Waals surface area contributed by atoms with Crippen LogP contribution in [-0.4, -0.2) is 39.8 Å². The van der Waals surface area contributed by atoms with E-state index in [1.165, 1.54) is 0 Å². The molecule has 1 aromatic carbocycles. The largest absolute Gasteiger partial charge is 0.471 e. The fourth-order valence-electron chi connectivity index (χ4n) is 3.96. The van der Waals surface area contributed by atoms with Gasteiger partial charge in [-0.3, -0.25) is 14.7 Å². The maximum Gasteiger partial charge on any atom is 0.260 e. The third kappa shape index (κ3) is 3.30. The van der Waals surface area contributed by atoms with E-state index in [1.54, 1.807) is 4.90 Å². The Kier molecular flexibility index (Phi) is 4.82. The average molecular weight is 387 g/mol. The van der Waals surface area contributed by atoms with Gasteiger partial charge in [0.05, 0.1) is 22.7 Å². The van der Waals surface area contributed by atoms with Crippen LogP contribution in [-0.2, 0) is 6.42 Å². The second-order valence-corrected chi connectivity index (χ2v) is 7.83. The Balaban J connectivity index is 1.68. The lowest BCUT2D eigenvalue weighted by atomic mass is 9.96. The summed E-state index contributed by atoms with van der Waals surface area (Å²) in [5.74, 6) is 0.334. The highest BCUT2D eigenvalue weighted by Gasteiger charge is 2.38. The lowest BCUT2D eigenvalue weighted by molar-refractivity contribution is 0.0127. The van der Waals surface area contributed by atoms with Gasteiger partial charge in [0.2, 0.25) is 0 Å². The van der Waals surface area contributed by atoms with Gasteiger partial charge in [0.15, 0.2) is 12.5 Å². The van der Waals surface area contributed by atoms with Crippen molar-refractivity contribution >= 4 is 17.5 Å². The van der Waals surface area contributed by atoms with Crippen LogP contribution in [0, 0.1) is 13.8 Å². The van der Waals surface area contributed by atoms with Gasteiger partial charge in [0.1, 0.15) is 0 Å². The number of aliphatic hydroxyl groups is 1. The SMILES string of the molecule is Cc1ccc(Cc2cc3c(c(Cl)c2C)OCN([C@H]2CCC[C@@H]2O)C3=O)cn1. The number of aromatic nitrogens is 1. The zero-order valence-corrected chi connectivity index (χ0v) is 16.3. The summed E-state index contributed by atoms with van der Waals surface area (Å²) in [6.45, 7) is 4.03. The molecule has 142 valence electrons. The fourth-order valence-corrected chi connectivity index (χ4v) is 4.24. The van der Waals surface area contributed by atoms with Gasteiger partial charge in [0, 0.05) is 11.9 Å². The Labute approximate surface area is 163 Å². The number of ether oxygens (including phenoxy) is 1. The van der Waals surface area contributed by atoms with Crippen LogP contribution >= 0.6 is 11.6 Å². The third-order valence-electron chi connectivity index (χ3n) is 5.62. The summed E-state index contributed by atoms with van der Waals surface area (Å²) in [5, 5.41) is 10.7. The Hall–Kier alpha value is -2.11. The summed E-state index contributed by atoms with van der Waals surface area (Å²) >= 11 is 6.55. The first kappa shape index (κ1) is 18.3. The molecule has 0 saturated heterocycles. The van der Waals surface area contributed by atoms with Crippen LogP contribution in [0.15, 0.2) is 24.4 Å². The zero-order chi connectivity index (χ0) is 19.1. The molecule has 1 aromatic heterocycles. The molecule has 27 heavy (non-hydrogen) atoms. The molecule has 0 radical (unpaired) electrons. The normalized spacial score (nSPS) is 21.9. The van der Waals surface area contributed by atoms with Crippen LogP contribution in [0.3, 0.4) is 0 Å². The summed E-state index contributed by atoms with van der Waals surface area (Å²) in [4.78, 5) is 19.1. The van der Waals surface area contributed by atoms with Gasteiger partial charge in [-0.15, -0.1) is 0 Å². The molecular formula is C21H23ClN2O3. The van der Waals surface area contributed by atoms with Crippen LogP contribution in [0.2, 0.25) is 5.02 Å². The number of pyridine rings is 1. The monoisotopic (exact) mass is 386 g/mol. The highest BCUT2D eigenvalue weighted by Crippen LogP contribution is 2.39. The lowest BCUT2D eigenvalue weighted by Gasteiger charge is -2.35. The van der Waals surface area contributed by atoms with E-state index in [2.05, 4.69) is 4.98 Å². The topological polar surface area (TPSA) is 62.7 Å². The predicted molar refractivity (Wildman–Crippen MR) is 103 cm³/mol. The fraction of sp³-hybridized carbons (Fsp3) is 0.429. The van der Waals surface area contributed by atoms with Crippen molar-refractivity contribution in [3.05, 3.63) is 57.4 Å². The van der Waals surface area contributed by atoms with E-state index in [0.29, 0.717) is 22.8 Å². The molecule has 1 aliphatic heterocycles. The molecule has 2 heterocycles. The lowest BCUT2D eigenvalue weighted by Crippen LogP contribution is -2.48. The maximum atomic E-state index is 13.1.